The molecule has 4 rings (SSSR count). The first-order valence-corrected chi connectivity index (χ1v) is 10.8. The number of nitrogens with zero attached hydrogens (tertiary/aromatic N) is 5. The number of hydrogen-bond donors (Lipinski definition) is 1. The zero-order chi connectivity index (χ0) is 20.1. The fourth-order valence-electron chi connectivity index (χ4n) is 4.27. The Balaban J connectivity index is 1.33. The molecule has 0 aliphatic carbocycles. The number of benzene rings is 1. The van der Waals surface area contributed by atoms with Gasteiger partial charge in [0.25, 0.3) is 0 Å². The van der Waals surface area contributed by atoms with Crippen molar-refractivity contribution in [3.05, 3.63) is 48.0 Å². The fraction of sp³-hybridized carbons (Fsp3) is 0.545. The van der Waals surface area contributed by atoms with E-state index < -0.39 is 0 Å². The molecule has 1 N–H and O–H groups in total. The lowest BCUT2D eigenvalue weighted by Crippen LogP contribution is -2.42. The summed E-state index contributed by atoms with van der Waals surface area (Å²) in [5, 5.41) is 8.05. The molecule has 7 heteroatoms. The van der Waals surface area contributed by atoms with E-state index >= 15 is 0 Å². The highest BCUT2D eigenvalue weighted by atomic mass is 19.1. The first-order chi connectivity index (χ1) is 14.2. The number of halogens is 1. The minimum absolute atomic E-state index is 0.236. The second kappa shape index (κ2) is 9.39. The summed E-state index contributed by atoms with van der Waals surface area (Å²) < 4.78 is 14.9. The normalized spacial score (nSPS) is 20.6. The maximum atomic E-state index is 13.1. The molecule has 1 aromatic carbocycles. The lowest BCUT2D eigenvalue weighted by molar-refractivity contribution is 0.249. The molecule has 0 bridgehead atoms. The lowest BCUT2D eigenvalue weighted by atomic mass is 10.2. The molecule has 2 aliphatic rings. The van der Waals surface area contributed by atoms with Crippen molar-refractivity contribution in [2.75, 3.05) is 39.3 Å². The Morgan fingerprint density at radius 3 is 2.72 bits per heavy atom. The van der Waals surface area contributed by atoms with Gasteiger partial charge in [0.2, 0.25) is 0 Å². The summed E-state index contributed by atoms with van der Waals surface area (Å²) in [4.78, 5) is 9.91. The molecule has 3 heterocycles. The van der Waals surface area contributed by atoms with Gasteiger partial charge in [-0.05, 0) is 69.6 Å². The highest BCUT2D eigenvalue weighted by Crippen LogP contribution is 2.20. The molecular formula is C22H31FN6. The second-order valence-electron chi connectivity index (χ2n) is 7.85. The lowest BCUT2D eigenvalue weighted by Gasteiger charge is -2.25. The van der Waals surface area contributed by atoms with Crippen molar-refractivity contribution in [1.29, 1.82) is 0 Å². The standard InChI is InChI=1S/C22H31FN6/c1-2-24-22(28-15-11-21(17-28)27-13-3-4-14-27)25-12-9-19-10-16-29(26-19)20-7-5-18(23)6-8-20/h5-8,10,16,21H,2-4,9,11-15,17H2,1H3,(H,24,25). The van der Waals surface area contributed by atoms with Gasteiger partial charge in [-0.2, -0.15) is 5.10 Å². The molecule has 0 amide bonds. The Hall–Kier alpha value is -2.41. The summed E-state index contributed by atoms with van der Waals surface area (Å²) in [5.41, 5.74) is 1.85. The van der Waals surface area contributed by atoms with Crippen molar-refractivity contribution in [3.8, 4) is 5.69 Å². The molecule has 156 valence electrons. The molecule has 1 unspecified atom stereocenters. The van der Waals surface area contributed by atoms with E-state index in [9.17, 15) is 4.39 Å². The number of rotatable bonds is 6. The minimum Gasteiger partial charge on any atom is -0.357 e. The Kier molecular flexibility index (Phi) is 6.44. The summed E-state index contributed by atoms with van der Waals surface area (Å²) in [7, 11) is 0. The maximum Gasteiger partial charge on any atom is 0.193 e. The third-order valence-electron chi connectivity index (χ3n) is 5.82. The Morgan fingerprint density at radius 1 is 1.17 bits per heavy atom. The maximum absolute atomic E-state index is 13.1. The molecule has 0 radical (unpaired) electrons. The molecule has 1 atom stereocenters. The third-order valence-corrected chi connectivity index (χ3v) is 5.82. The van der Waals surface area contributed by atoms with Gasteiger partial charge in [-0.15, -0.1) is 0 Å². The highest BCUT2D eigenvalue weighted by molar-refractivity contribution is 5.80. The molecule has 6 nitrogen and oxygen atoms in total. The predicted molar refractivity (Wildman–Crippen MR) is 114 cm³/mol. The zero-order valence-electron chi connectivity index (χ0n) is 17.2. The average molecular weight is 399 g/mol. The largest absolute Gasteiger partial charge is 0.357 e. The Bertz CT molecular complexity index is 809. The first kappa shape index (κ1) is 19.9. The van der Waals surface area contributed by atoms with E-state index in [0.29, 0.717) is 12.6 Å². The summed E-state index contributed by atoms with van der Waals surface area (Å²) in [6.45, 7) is 8.35. The van der Waals surface area contributed by atoms with Gasteiger partial charge >= 0.3 is 0 Å². The van der Waals surface area contributed by atoms with Crippen molar-refractivity contribution in [3.63, 3.8) is 0 Å². The van der Waals surface area contributed by atoms with Crippen LogP contribution in [0.1, 0.15) is 31.9 Å². The van der Waals surface area contributed by atoms with E-state index in [1.807, 2.05) is 12.3 Å². The molecule has 2 aromatic rings. The van der Waals surface area contributed by atoms with Gasteiger partial charge in [-0.3, -0.25) is 9.89 Å². The number of aromatic nitrogens is 2. The van der Waals surface area contributed by atoms with Gasteiger partial charge in [0, 0.05) is 44.8 Å². The van der Waals surface area contributed by atoms with Crippen molar-refractivity contribution < 1.29 is 4.39 Å². The van der Waals surface area contributed by atoms with Gasteiger partial charge in [0.1, 0.15) is 5.82 Å². The molecule has 2 fully saturated rings. The summed E-state index contributed by atoms with van der Waals surface area (Å²) in [6, 6.07) is 9.05. The number of nitrogens with one attached hydrogen (secondary N) is 1. The van der Waals surface area contributed by atoms with E-state index in [-0.39, 0.29) is 5.82 Å². The van der Waals surface area contributed by atoms with Crippen LogP contribution in [-0.4, -0.2) is 70.9 Å². The van der Waals surface area contributed by atoms with Crippen molar-refractivity contribution in [1.82, 2.24) is 24.9 Å². The van der Waals surface area contributed by atoms with Crippen molar-refractivity contribution >= 4 is 5.96 Å². The smallest absolute Gasteiger partial charge is 0.193 e. The van der Waals surface area contributed by atoms with E-state index in [1.54, 1.807) is 16.8 Å². The molecule has 1 aromatic heterocycles. The van der Waals surface area contributed by atoms with Crippen LogP contribution in [0, 0.1) is 5.82 Å². The summed E-state index contributed by atoms with van der Waals surface area (Å²) in [6.07, 6.45) is 6.61. The Morgan fingerprint density at radius 2 is 1.97 bits per heavy atom. The van der Waals surface area contributed by atoms with Crippen LogP contribution in [0.25, 0.3) is 5.69 Å². The zero-order valence-corrected chi connectivity index (χ0v) is 17.2. The summed E-state index contributed by atoms with van der Waals surface area (Å²) in [5.74, 6) is 0.785. The van der Waals surface area contributed by atoms with Gasteiger partial charge in [0.05, 0.1) is 11.4 Å². The van der Waals surface area contributed by atoms with Gasteiger partial charge in [0.15, 0.2) is 5.96 Å². The SMILES string of the molecule is CCNC(=NCCc1ccn(-c2ccc(F)cc2)n1)N1CCC(N2CCCC2)C1. The third kappa shape index (κ3) is 4.96. The summed E-state index contributed by atoms with van der Waals surface area (Å²) >= 11 is 0. The minimum atomic E-state index is -0.236. The molecule has 29 heavy (non-hydrogen) atoms. The topological polar surface area (TPSA) is 48.7 Å². The molecule has 2 aliphatic heterocycles. The highest BCUT2D eigenvalue weighted by Gasteiger charge is 2.30. The number of likely N-dealkylation sites (tertiary alicyclic amines) is 2. The van der Waals surface area contributed by atoms with Crippen LogP contribution in [0.5, 0.6) is 0 Å². The van der Waals surface area contributed by atoms with Crippen LogP contribution in [0.15, 0.2) is 41.5 Å². The van der Waals surface area contributed by atoms with E-state index in [1.165, 1.54) is 44.5 Å². The van der Waals surface area contributed by atoms with Crippen molar-refractivity contribution in [2.24, 2.45) is 4.99 Å². The van der Waals surface area contributed by atoms with Gasteiger partial charge in [-0.25, -0.2) is 9.07 Å². The van der Waals surface area contributed by atoms with Crippen LogP contribution in [0.2, 0.25) is 0 Å². The van der Waals surface area contributed by atoms with Gasteiger partial charge in [-0.1, -0.05) is 0 Å². The molecule has 2 saturated heterocycles. The van der Waals surface area contributed by atoms with Crippen LogP contribution < -0.4 is 5.32 Å². The molecule has 0 saturated carbocycles. The number of hydrogen-bond acceptors (Lipinski definition) is 3. The first-order valence-electron chi connectivity index (χ1n) is 10.8. The molecular weight excluding hydrogens is 367 g/mol. The Labute approximate surface area is 172 Å². The number of aliphatic imine (C=N–C) groups is 1. The van der Waals surface area contributed by atoms with Gasteiger partial charge < -0.3 is 10.2 Å². The van der Waals surface area contributed by atoms with E-state index in [2.05, 4.69) is 27.1 Å². The van der Waals surface area contributed by atoms with Crippen LogP contribution in [0.3, 0.4) is 0 Å². The van der Waals surface area contributed by atoms with Crippen LogP contribution in [0.4, 0.5) is 4.39 Å². The monoisotopic (exact) mass is 398 g/mol. The van der Waals surface area contributed by atoms with Crippen molar-refractivity contribution in [2.45, 2.75) is 38.6 Å². The van der Waals surface area contributed by atoms with E-state index in [4.69, 9.17) is 4.99 Å². The second-order valence-corrected chi connectivity index (χ2v) is 7.85. The molecule has 0 spiro atoms. The average Bonchev–Trinajstić information content (AvgIpc) is 3.48. The van der Waals surface area contributed by atoms with Crippen LogP contribution >= 0.6 is 0 Å². The quantitative estimate of drug-likeness (QED) is 0.600. The van der Waals surface area contributed by atoms with E-state index in [0.717, 1.165) is 43.4 Å². The number of guanidine groups is 1. The predicted octanol–water partition coefficient (Wildman–Crippen LogP) is 2.69. The fourth-order valence-corrected chi connectivity index (χ4v) is 4.27. The van der Waals surface area contributed by atoms with Crippen LogP contribution in [-0.2, 0) is 6.42 Å².